The summed E-state index contributed by atoms with van der Waals surface area (Å²) in [6, 6.07) is 10.8. The summed E-state index contributed by atoms with van der Waals surface area (Å²) in [4.78, 5) is 32.2. The summed E-state index contributed by atoms with van der Waals surface area (Å²) in [5, 5.41) is 10.5. The molecule has 0 spiro atoms. The van der Waals surface area contributed by atoms with E-state index in [1.54, 1.807) is 35.7 Å². The number of anilines is 1. The van der Waals surface area contributed by atoms with Crippen LogP contribution in [-0.2, 0) is 11.2 Å². The van der Waals surface area contributed by atoms with Crippen LogP contribution in [0.1, 0.15) is 45.9 Å². The number of rotatable bonds is 4. The lowest BCUT2D eigenvalue weighted by Crippen LogP contribution is -2.36. The van der Waals surface area contributed by atoms with Gasteiger partial charge in [-0.15, -0.1) is 11.3 Å². The highest BCUT2D eigenvalue weighted by atomic mass is 32.1. The first kappa shape index (κ1) is 21.8. The lowest BCUT2D eigenvalue weighted by molar-refractivity contribution is 0.0696. The molecule has 3 aromatic rings. The van der Waals surface area contributed by atoms with Crippen LogP contribution >= 0.6 is 11.3 Å². The van der Waals surface area contributed by atoms with Gasteiger partial charge in [-0.2, -0.15) is 0 Å². The van der Waals surface area contributed by atoms with Crippen LogP contribution in [-0.4, -0.2) is 48.1 Å². The maximum absolute atomic E-state index is 13.1. The Hall–Kier alpha value is -3.03. The lowest BCUT2D eigenvalue weighted by atomic mass is 9.75. The summed E-state index contributed by atoms with van der Waals surface area (Å²) in [5.74, 6) is -0.745. The highest BCUT2D eigenvalue weighted by Gasteiger charge is 2.37. The summed E-state index contributed by atoms with van der Waals surface area (Å²) in [7, 11) is 0. The van der Waals surface area contributed by atoms with E-state index in [0.717, 1.165) is 51.6 Å². The van der Waals surface area contributed by atoms with Gasteiger partial charge in [0.25, 0.3) is 0 Å². The molecule has 1 aliphatic heterocycles. The van der Waals surface area contributed by atoms with E-state index in [4.69, 9.17) is 4.74 Å². The molecule has 1 fully saturated rings. The van der Waals surface area contributed by atoms with Gasteiger partial charge in [0, 0.05) is 36.8 Å². The van der Waals surface area contributed by atoms with Crippen molar-refractivity contribution in [2.24, 2.45) is 5.41 Å². The average molecular weight is 463 g/mol. The number of ether oxygens (including phenoxy) is 1. The lowest BCUT2D eigenvalue weighted by Gasteiger charge is -2.30. The second-order valence-electron chi connectivity index (χ2n) is 9.45. The van der Waals surface area contributed by atoms with Crippen molar-refractivity contribution in [1.29, 1.82) is 0 Å². The number of carbonyl (C=O) groups is 2. The van der Waals surface area contributed by atoms with Crippen LogP contribution in [0.25, 0.3) is 22.4 Å². The van der Waals surface area contributed by atoms with E-state index in [9.17, 15) is 14.7 Å². The number of carboxylic acid groups (broad SMARTS) is 1. The van der Waals surface area contributed by atoms with Gasteiger partial charge in [0.15, 0.2) is 5.78 Å². The number of pyridine rings is 1. The number of aromatic carboxylic acids is 1. The summed E-state index contributed by atoms with van der Waals surface area (Å²) in [5.41, 5.74) is 4.85. The smallest absolute Gasteiger partial charge is 0.335 e. The molecule has 1 N–H and O–H groups in total. The third-order valence-corrected chi connectivity index (χ3v) is 7.62. The van der Waals surface area contributed by atoms with Gasteiger partial charge in [-0.25, -0.2) is 4.79 Å². The number of hydrogen-bond donors (Lipinski definition) is 1. The Labute approximate surface area is 196 Å². The van der Waals surface area contributed by atoms with Gasteiger partial charge in [0.2, 0.25) is 0 Å². The van der Waals surface area contributed by atoms with Gasteiger partial charge in [-0.05, 0) is 47.2 Å². The molecule has 1 aromatic carbocycles. The zero-order valence-corrected chi connectivity index (χ0v) is 19.6. The van der Waals surface area contributed by atoms with E-state index in [0.29, 0.717) is 25.3 Å². The van der Waals surface area contributed by atoms with Crippen LogP contribution in [0, 0.1) is 5.41 Å². The number of fused-ring (bicyclic) bond motifs is 1. The first-order valence-corrected chi connectivity index (χ1v) is 12.0. The fraction of sp³-hybridized carbons (Fsp3) is 0.346. The van der Waals surface area contributed by atoms with Crippen LogP contribution in [0.3, 0.4) is 0 Å². The summed E-state index contributed by atoms with van der Waals surface area (Å²) >= 11 is 1.60. The van der Waals surface area contributed by atoms with Crippen LogP contribution < -0.4 is 4.90 Å². The normalized spacial score (nSPS) is 17.6. The number of aromatic nitrogens is 1. The van der Waals surface area contributed by atoms with E-state index < -0.39 is 5.97 Å². The quantitative estimate of drug-likeness (QED) is 0.576. The predicted molar refractivity (Wildman–Crippen MR) is 129 cm³/mol. The van der Waals surface area contributed by atoms with Gasteiger partial charge in [-0.1, -0.05) is 26.0 Å². The minimum Gasteiger partial charge on any atom is -0.478 e. The van der Waals surface area contributed by atoms with Crippen LogP contribution in [0.4, 0.5) is 5.00 Å². The number of benzene rings is 1. The zero-order chi connectivity index (χ0) is 23.2. The molecule has 1 saturated heterocycles. The maximum atomic E-state index is 13.1. The molecule has 170 valence electrons. The van der Waals surface area contributed by atoms with E-state index in [1.807, 2.05) is 18.2 Å². The first-order chi connectivity index (χ1) is 15.8. The number of thiophene rings is 1. The zero-order valence-electron chi connectivity index (χ0n) is 18.8. The Morgan fingerprint density at radius 3 is 2.67 bits per heavy atom. The highest BCUT2D eigenvalue weighted by molar-refractivity contribution is 7.19. The van der Waals surface area contributed by atoms with E-state index in [2.05, 4.69) is 23.7 Å². The van der Waals surface area contributed by atoms with Crippen LogP contribution in [0.5, 0.6) is 0 Å². The van der Waals surface area contributed by atoms with Gasteiger partial charge in [-0.3, -0.25) is 9.78 Å². The SMILES string of the molecule is CC1(C)CC(=O)c2sc(N3CCOCC3)c(-c3ccnc(-c4cccc(C(=O)O)c4)c3)c2C1. The molecular weight excluding hydrogens is 436 g/mol. The van der Waals surface area contributed by atoms with Crippen molar-refractivity contribution in [3.05, 3.63) is 58.6 Å². The number of Topliss-reactive ketones (excluding diaryl/α,β-unsaturated/α-hetero) is 1. The number of carboxylic acids is 1. The third-order valence-electron chi connectivity index (χ3n) is 6.29. The molecule has 33 heavy (non-hydrogen) atoms. The van der Waals surface area contributed by atoms with E-state index in [-0.39, 0.29) is 16.8 Å². The maximum Gasteiger partial charge on any atom is 0.335 e. The molecule has 3 heterocycles. The molecule has 0 radical (unpaired) electrons. The Balaban J connectivity index is 1.66. The fourth-order valence-electron chi connectivity index (χ4n) is 4.74. The van der Waals surface area contributed by atoms with E-state index >= 15 is 0 Å². The predicted octanol–water partition coefficient (Wildman–Crippen LogP) is 5.17. The Morgan fingerprint density at radius 1 is 1.12 bits per heavy atom. The Kier molecular flexibility index (Phi) is 5.54. The standard InChI is InChI=1S/C26H26N2O4S/c1-26(2)14-19-22(24(28-8-10-32-11-9-28)33-23(19)21(29)15-26)17-6-7-27-20(13-17)16-4-3-5-18(12-16)25(30)31/h3-7,12-13H,8-11,14-15H2,1-2H3,(H,30,31). The summed E-state index contributed by atoms with van der Waals surface area (Å²) in [6.07, 6.45) is 3.17. The van der Waals surface area contributed by atoms with Crippen molar-refractivity contribution < 1.29 is 19.4 Å². The third kappa shape index (κ3) is 4.18. The van der Waals surface area contributed by atoms with Gasteiger partial charge < -0.3 is 14.7 Å². The van der Waals surface area contributed by atoms with Gasteiger partial charge in [0.1, 0.15) is 0 Å². The molecule has 2 aromatic heterocycles. The van der Waals surface area contributed by atoms with Gasteiger partial charge >= 0.3 is 5.97 Å². The van der Waals surface area contributed by atoms with Crippen molar-refractivity contribution in [2.45, 2.75) is 26.7 Å². The number of ketones is 1. The molecule has 2 aliphatic rings. The number of hydrogen-bond acceptors (Lipinski definition) is 6. The minimum atomic E-state index is -0.963. The molecule has 0 atom stereocenters. The second kappa shape index (κ2) is 8.39. The second-order valence-corrected chi connectivity index (χ2v) is 10.4. The topological polar surface area (TPSA) is 79.7 Å². The van der Waals surface area contributed by atoms with E-state index in [1.165, 1.54) is 0 Å². The van der Waals surface area contributed by atoms with Crippen LogP contribution in [0.15, 0.2) is 42.6 Å². The Morgan fingerprint density at radius 2 is 1.91 bits per heavy atom. The van der Waals surface area contributed by atoms with Crippen molar-refractivity contribution in [3.63, 3.8) is 0 Å². The monoisotopic (exact) mass is 462 g/mol. The average Bonchev–Trinajstić information content (AvgIpc) is 3.18. The van der Waals surface area contributed by atoms with Crippen molar-refractivity contribution in [3.8, 4) is 22.4 Å². The summed E-state index contributed by atoms with van der Waals surface area (Å²) in [6.45, 7) is 7.24. The van der Waals surface area contributed by atoms with Crippen molar-refractivity contribution in [2.75, 3.05) is 31.2 Å². The number of morpholine rings is 1. The Bertz CT molecular complexity index is 1240. The molecule has 0 saturated carbocycles. The molecular formula is C26H26N2O4S. The molecule has 0 amide bonds. The largest absolute Gasteiger partial charge is 0.478 e. The van der Waals surface area contributed by atoms with Crippen LogP contribution in [0.2, 0.25) is 0 Å². The molecule has 0 bridgehead atoms. The van der Waals surface area contributed by atoms with Gasteiger partial charge in [0.05, 0.1) is 34.3 Å². The first-order valence-electron chi connectivity index (χ1n) is 11.1. The minimum absolute atomic E-state index is 0.0894. The fourth-order valence-corrected chi connectivity index (χ4v) is 6.08. The highest BCUT2D eigenvalue weighted by Crippen LogP contribution is 2.49. The molecule has 0 unspecified atom stereocenters. The molecule has 6 nitrogen and oxygen atoms in total. The molecule has 1 aliphatic carbocycles. The number of nitrogens with zero attached hydrogens (tertiary/aromatic N) is 2. The molecule has 7 heteroatoms. The molecule has 5 rings (SSSR count). The van der Waals surface area contributed by atoms with Crippen molar-refractivity contribution in [1.82, 2.24) is 4.98 Å². The number of carbonyl (C=O) groups excluding carboxylic acids is 1. The summed E-state index contributed by atoms with van der Waals surface area (Å²) < 4.78 is 5.57. The van der Waals surface area contributed by atoms with Crippen molar-refractivity contribution >= 4 is 28.1 Å².